The number of halogens is 2. The molecule has 0 unspecified atom stereocenters. The molecule has 0 saturated carbocycles. The maximum absolute atomic E-state index is 13.6. The summed E-state index contributed by atoms with van der Waals surface area (Å²) in [5.41, 5.74) is 0.684. The van der Waals surface area contributed by atoms with Crippen molar-refractivity contribution in [2.45, 2.75) is 25.3 Å². The summed E-state index contributed by atoms with van der Waals surface area (Å²) in [6.45, 7) is 0. The molecule has 0 radical (unpaired) electrons. The fourth-order valence-corrected chi connectivity index (χ4v) is 2.32. The first kappa shape index (κ1) is 17.6. The zero-order valence-electron chi connectivity index (χ0n) is 12.8. The summed E-state index contributed by atoms with van der Waals surface area (Å²) in [7, 11) is 0. The van der Waals surface area contributed by atoms with E-state index >= 15 is 0 Å². The van der Waals surface area contributed by atoms with E-state index in [0.717, 1.165) is 17.7 Å². The average Bonchev–Trinajstić information content (AvgIpc) is 2.54. The molecule has 24 heavy (non-hydrogen) atoms. The van der Waals surface area contributed by atoms with E-state index in [-0.39, 0.29) is 12.0 Å². The number of carbonyl (C=O) groups is 2. The van der Waals surface area contributed by atoms with Crippen LogP contribution in [-0.4, -0.2) is 23.0 Å². The SMILES string of the molecule is O=C(N[C@H](CCCc1ccccc1)C(=O)O)c1ccc(F)cc1F. The van der Waals surface area contributed by atoms with Gasteiger partial charge >= 0.3 is 5.97 Å². The van der Waals surface area contributed by atoms with Crippen molar-refractivity contribution in [3.05, 3.63) is 71.3 Å². The van der Waals surface area contributed by atoms with Crippen molar-refractivity contribution in [2.75, 3.05) is 0 Å². The van der Waals surface area contributed by atoms with Crippen molar-refractivity contribution < 1.29 is 23.5 Å². The number of rotatable bonds is 7. The number of aryl methyl sites for hydroxylation is 1. The number of carboxylic acids is 1. The topological polar surface area (TPSA) is 66.4 Å². The minimum atomic E-state index is -1.20. The summed E-state index contributed by atoms with van der Waals surface area (Å²) >= 11 is 0. The van der Waals surface area contributed by atoms with E-state index < -0.39 is 29.6 Å². The minimum absolute atomic E-state index is 0.207. The Morgan fingerprint density at radius 3 is 2.42 bits per heavy atom. The second-order valence-electron chi connectivity index (χ2n) is 5.37. The van der Waals surface area contributed by atoms with E-state index in [1.54, 1.807) is 0 Å². The van der Waals surface area contributed by atoms with Gasteiger partial charge in [0.05, 0.1) is 5.56 Å². The molecular weight excluding hydrogens is 316 g/mol. The van der Waals surface area contributed by atoms with Crippen molar-refractivity contribution in [1.29, 1.82) is 0 Å². The molecule has 1 amide bonds. The minimum Gasteiger partial charge on any atom is -0.480 e. The Hall–Kier alpha value is -2.76. The Kier molecular flexibility index (Phi) is 6.01. The van der Waals surface area contributed by atoms with Gasteiger partial charge in [-0.2, -0.15) is 0 Å². The van der Waals surface area contributed by atoms with Crippen molar-refractivity contribution in [2.24, 2.45) is 0 Å². The van der Waals surface area contributed by atoms with E-state index in [4.69, 9.17) is 0 Å². The van der Waals surface area contributed by atoms with Crippen molar-refractivity contribution in [3.8, 4) is 0 Å². The Morgan fingerprint density at radius 2 is 1.79 bits per heavy atom. The fraction of sp³-hybridized carbons (Fsp3) is 0.222. The second kappa shape index (κ2) is 8.19. The first-order chi connectivity index (χ1) is 11.5. The van der Waals surface area contributed by atoms with Crippen molar-refractivity contribution in [1.82, 2.24) is 5.32 Å². The Morgan fingerprint density at radius 1 is 1.08 bits per heavy atom. The largest absolute Gasteiger partial charge is 0.480 e. The maximum Gasteiger partial charge on any atom is 0.326 e. The van der Waals surface area contributed by atoms with Crippen molar-refractivity contribution >= 4 is 11.9 Å². The van der Waals surface area contributed by atoms with Crippen LogP contribution >= 0.6 is 0 Å². The molecule has 0 fully saturated rings. The lowest BCUT2D eigenvalue weighted by molar-refractivity contribution is -0.139. The molecule has 0 aliphatic rings. The van der Waals surface area contributed by atoms with Gasteiger partial charge in [0.15, 0.2) is 0 Å². The second-order valence-corrected chi connectivity index (χ2v) is 5.37. The van der Waals surface area contributed by atoms with E-state index in [1.165, 1.54) is 0 Å². The van der Waals surface area contributed by atoms with Gasteiger partial charge in [0.1, 0.15) is 17.7 Å². The lowest BCUT2D eigenvalue weighted by Crippen LogP contribution is -2.41. The van der Waals surface area contributed by atoms with Gasteiger partial charge in [-0.15, -0.1) is 0 Å². The van der Waals surface area contributed by atoms with E-state index in [0.29, 0.717) is 18.9 Å². The maximum atomic E-state index is 13.6. The third-order valence-corrected chi connectivity index (χ3v) is 3.58. The monoisotopic (exact) mass is 333 g/mol. The summed E-state index contributed by atoms with van der Waals surface area (Å²) in [6, 6.07) is 10.9. The van der Waals surface area contributed by atoms with Crippen LogP contribution in [0, 0.1) is 11.6 Å². The smallest absolute Gasteiger partial charge is 0.326 e. The van der Waals surface area contributed by atoms with Crippen LogP contribution in [0.15, 0.2) is 48.5 Å². The molecule has 0 heterocycles. The van der Waals surface area contributed by atoms with Gasteiger partial charge in [-0.3, -0.25) is 4.79 Å². The highest BCUT2D eigenvalue weighted by molar-refractivity contribution is 5.96. The van der Waals surface area contributed by atoms with Gasteiger partial charge in [0.2, 0.25) is 0 Å². The summed E-state index contributed by atoms with van der Waals surface area (Å²) in [5, 5.41) is 11.5. The molecule has 0 aliphatic carbocycles. The Balaban J connectivity index is 1.95. The molecule has 0 aliphatic heterocycles. The van der Waals surface area contributed by atoms with Crippen LogP contribution in [0.25, 0.3) is 0 Å². The number of benzene rings is 2. The van der Waals surface area contributed by atoms with Crippen LogP contribution in [0.5, 0.6) is 0 Å². The molecule has 0 aromatic heterocycles. The zero-order valence-corrected chi connectivity index (χ0v) is 12.8. The quantitative estimate of drug-likeness (QED) is 0.818. The molecule has 2 aromatic carbocycles. The number of carboxylic acid groups (broad SMARTS) is 1. The van der Waals surface area contributed by atoms with Gasteiger partial charge in [-0.1, -0.05) is 30.3 Å². The Labute approximate surface area is 138 Å². The number of hydrogen-bond donors (Lipinski definition) is 2. The number of amides is 1. The molecule has 2 aromatic rings. The van der Waals surface area contributed by atoms with Gasteiger partial charge in [0, 0.05) is 6.07 Å². The molecule has 1 atom stereocenters. The number of carbonyl (C=O) groups excluding carboxylic acids is 1. The molecule has 2 N–H and O–H groups in total. The predicted molar refractivity (Wildman–Crippen MR) is 84.6 cm³/mol. The number of hydrogen-bond acceptors (Lipinski definition) is 2. The number of aliphatic carboxylic acids is 1. The van der Waals surface area contributed by atoms with Gasteiger partial charge in [-0.25, -0.2) is 13.6 Å². The van der Waals surface area contributed by atoms with E-state index in [9.17, 15) is 23.5 Å². The van der Waals surface area contributed by atoms with Crippen LogP contribution < -0.4 is 5.32 Å². The fourth-order valence-electron chi connectivity index (χ4n) is 2.32. The summed E-state index contributed by atoms with van der Waals surface area (Å²) in [6.07, 6.45) is 1.43. The van der Waals surface area contributed by atoms with Crippen LogP contribution in [0.1, 0.15) is 28.8 Å². The highest BCUT2D eigenvalue weighted by Gasteiger charge is 2.22. The van der Waals surface area contributed by atoms with Crippen molar-refractivity contribution in [3.63, 3.8) is 0 Å². The molecule has 4 nitrogen and oxygen atoms in total. The molecule has 2 rings (SSSR count). The van der Waals surface area contributed by atoms with Gasteiger partial charge in [0.25, 0.3) is 5.91 Å². The average molecular weight is 333 g/mol. The summed E-state index contributed by atoms with van der Waals surface area (Å²) < 4.78 is 26.4. The van der Waals surface area contributed by atoms with Crippen LogP contribution in [0.2, 0.25) is 0 Å². The molecule has 0 bridgehead atoms. The van der Waals surface area contributed by atoms with Gasteiger partial charge < -0.3 is 10.4 Å². The van der Waals surface area contributed by atoms with Crippen LogP contribution in [0.3, 0.4) is 0 Å². The zero-order chi connectivity index (χ0) is 17.5. The molecule has 126 valence electrons. The third-order valence-electron chi connectivity index (χ3n) is 3.58. The van der Waals surface area contributed by atoms with Crippen LogP contribution in [0.4, 0.5) is 8.78 Å². The molecule has 0 saturated heterocycles. The first-order valence-electron chi connectivity index (χ1n) is 7.50. The molecule has 0 spiro atoms. The molecule has 6 heteroatoms. The third kappa shape index (κ3) is 4.87. The molecular formula is C18H17F2NO3. The predicted octanol–water partition coefficient (Wildman–Crippen LogP) is 3.17. The lowest BCUT2D eigenvalue weighted by Gasteiger charge is -2.15. The highest BCUT2D eigenvalue weighted by Crippen LogP contribution is 2.11. The normalized spacial score (nSPS) is 11.8. The lowest BCUT2D eigenvalue weighted by atomic mass is 10.0. The summed E-state index contributed by atoms with van der Waals surface area (Å²) in [4.78, 5) is 23.3. The number of nitrogens with one attached hydrogen (secondary N) is 1. The highest BCUT2D eigenvalue weighted by atomic mass is 19.1. The van der Waals surface area contributed by atoms with E-state index in [2.05, 4.69) is 5.32 Å². The Bertz CT molecular complexity index is 719. The van der Waals surface area contributed by atoms with E-state index in [1.807, 2.05) is 30.3 Å². The van der Waals surface area contributed by atoms with Crippen LogP contribution in [-0.2, 0) is 11.2 Å². The standard InChI is InChI=1S/C18H17F2NO3/c19-13-9-10-14(15(20)11-13)17(22)21-16(18(23)24)8-4-7-12-5-2-1-3-6-12/h1-3,5-6,9-11,16H,4,7-8H2,(H,21,22)(H,23,24)/t16-/m1/s1. The first-order valence-corrected chi connectivity index (χ1v) is 7.50. The summed E-state index contributed by atoms with van der Waals surface area (Å²) in [5.74, 6) is -3.90. The van der Waals surface area contributed by atoms with Gasteiger partial charge in [-0.05, 0) is 37.0 Å².